The van der Waals surface area contributed by atoms with Gasteiger partial charge >= 0.3 is 0 Å². The second-order valence-electron chi connectivity index (χ2n) is 3.97. The van der Waals surface area contributed by atoms with Gasteiger partial charge in [0, 0.05) is 13.0 Å². The minimum Gasteiger partial charge on any atom is -0.383 e. The molecule has 2 aliphatic carbocycles. The molecule has 3 atom stereocenters. The number of carbonyl (C=O) groups excluding carboxylic acids is 1. The predicted octanol–water partition coefficient (Wildman–Crippen LogP) is 1.41. The minimum atomic E-state index is -0.251. The molecule has 0 aromatic carbocycles. The number of allylic oxidation sites excluding steroid dienone is 1. The first-order valence-electron chi connectivity index (χ1n) is 4.42. The van der Waals surface area contributed by atoms with Crippen LogP contribution in [0.4, 0.5) is 0 Å². The van der Waals surface area contributed by atoms with Crippen molar-refractivity contribution < 1.29 is 9.53 Å². The van der Waals surface area contributed by atoms with Crippen molar-refractivity contribution in [2.75, 3.05) is 13.7 Å². The summed E-state index contributed by atoms with van der Waals surface area (Å²) in [6.07, 6.45) is 5.19. The van der Waals surface area contributed by atoms with E-state index < -0.39 is 0 Å². The molecule has 3 unspecified atom stereocenters. The molecule has 0 aromatic heterocycles. The maximum Gasteiger partial charge on any atom is 0.148 e. The maximum absolute atomic E-state index is 11.7. The topological polar surface area (TPSA) is 26.3 Å². The number of ketones is 1. The van der Waals surface area contributed by atoms with E-state index in [4.69, 9.17) is 4.74 Å². The fraction of sp³-hybridized carbons (Fsp3) is 0.700. The van der Waals surface area contributed by atoms with E-state index in [0.717, 1.165) is 6.42 Å². The highest BCUT2D eigenvalue weighted by atomic mass is 16.5. The van der Waals surface area contributed by atoms with Crippen molar-refractivity contribution in [2.24, 2.45) is 17.3 Å². The van der Waals surface area contributed by atoms with Crippen LogP contribution in [0.2, 0.25) is 0 Å². The highest BCUT2D eigenvalue weighted by Crippen LogP contribution is 2.49. The lowest BCUT2D eigenvalue weighted by molar-refractivity contribution is -0.128. The highest BCUT2D eigenvalue weighted by Gasteiger charge is 2.52. The number of carbonyl (C=O) groups is 1. The zero-order valence-electron chi connectivity index (χ0n) is 7.54. The Labute approximate surface area is 72.6 Å². The van der Waals surface area contributed by atoms with Crippen LogP contribution in [0.3, 0.4) is 0 Å². The predicted molar refractivity (Wildman–Crippen MR) is 45.7 cm³/mol. The summed E-state index contributed by atoms with van der Waals surface area (Å²) < 4.78 is 5.09. The third-order valence-electron chi connectivity index (χ3n) is 3.21. The second kappa shape index (κ2) is 2.43. The molecule has 0 N–H and O–H groups in total. The highest BCUT2D eigenvalue weighted by molar-refractivity contribution is 5.93. The fourth-order valence-corrected chi connectivity index (χ4v) is 2.47. The molecule has 0 heterocycles. The molecule has 0 saturated heterocycles. The van der Waals surface area contributed by atoms with Crippen LogP contribution in [0.25, 0.3) is 0 Å². The molecular weight excluding hydrogens is 152 g/mol. The van der Waals surface area contributed by atoms with Gasteiger partial charge in [-0.1, -0.05) is 19.1 Å². The standard InChI is InChI=1S/C10H14O2/c1-7-8-3-4-10(5-8,6-12-2)9(7)11/h3-4,7-8H,5-6H2,1-2H3. The molecule has 2 aliphatic rings. The molecule has 0 aromatic rings. The quantitative estimate of drug-likeness (QED) is 0.580. The average molecular weight is 166 g/mol. The average Bonchev–Trinajstić information content (AvgIpc) is 2.55. The lowest BCUT2D eigenvalue weighted by atomic mass is 9.84. The molecule has 1 saturated carbocycles. The molecule has 1 fully saturated rings. The third kappa shape index (κ3) is 0.816. The first kappa shape index (κ1) is 7.99. The summed E-state index contributed by atoms with van der Waals surface area (Å²) in [7, 11) is 1.66. The second-order valence-corrected chi connectivity index (χ2v) is 3.97. The monoisotopic (exact) mass is 166 g/mol. The lowest BCUT2D eigenvalue weighted by Crippen LogP contribution is -2.31. The van der Waals surface area contributed by atoms with Crippen molar-refractivity contribution in [3.63, 3.8) is 0 Å². The summed E-state index contributed by atoms with van der Waals surface area (Å²) in [5.41, 5.74) is -0.251. The number of Topliss-reactive ketones (excluding diaryl/α,β-unsaturated/α-hetero) is 1. The number of ether oxygens (including phenoxy) is 1. The van der Waals surface area contributed by atoms with Crippen molar-refractivity contribution >= 4 is 5.78 Å². The van der Waals surface area contributed by atoms with E-state index in [1.165, 1.54) is 0 Å². The zero-order chi connectivity index (χ0) is 8.77. The van der Waals surface area contributed by atoms with Crippen molar-refractivity contribution in [3.05, 3.63) is 12.2 Å². The Balaban J connectivity index is 2.28. The number of hydrogen-bond acceptors (Lipinski definition) is 2. The number of hydrogen-bond donors (Lipinski definition) is 0. The van der Waals surface area contributed by atoms with Crippen LogP contribution in [0, 0.1) is 17.3 Å². The van der Waals surface area contributed by atoms with Gasteiger partial charge in [0.2, 0.25) is 0 Å². The van der Waals surface area contributed by atoms with E-state index in [9.17, 15) is 4.79 Å². The molecular formula is C10H14O2. The van der Waals surface area contributed by atoms with Crippen molar-refractivity contribution in [2.45, 2.75) is 13.3 Å². The molecule has 0 amide bonds. The molecule has 12 heavy (non-hydrogen) atoms. The smallest absolute Gasteiger partial charge is 0.148 e. The summed E-state index contributed by atoms with van der Waals surface area (Å²) in [6, 6.07) is 0. The third-order valence-corrected chi connectivity index (χ3v) is 3.21. The van der Waals surface area contributed by atoms with Gasteiger partial charge in [0.25, 0.3) is 0 Å². The van der Waals surface area contributed by atoms with E-state index in [1.807, 2.05) is 13.0 Å². The molecule has 2 rings (SSSR count). The summed E-state index contributed by atoms with van der Waals surface area (Å²) >= 11 is 0. The van der Waals surface area contributed by atoms with Gasteiger partial charge in [-0.15, -0.1) is 0 Å². The van der Waals surface area contributed by atoms with Gasteiger partial charge in [-0.2, -0.15) is 0 Å². The normalized spacial score (nSPS) is 44.3. The van der Waals surface area contributed by atoms with Gasteiger partial charge in [0.1, 0.15) is 5.78 Å². The molecule has 0 aliphatic heterocycles. The van der Waals surface area contributed by atoms with Crippen molar-refractivity contribution in [1.82, 2.24) is 0 Å². The Bertz CT molecular complexity index is 244. The summed E-state index contributed by atoms with van der Waals surface area (Å²) in [6.45, 7) is 2.58. The van der Waals surface area contributed by atoms with Crippen molar-refractivity contribution in [3.8, 4) is 0 Å². The SMILES string of the molecule is COCC12C=CC(C1)C(C)C2=O. The summed E-state index contributed by atoms with van der Waals surface area (Å²) in [4.78, 5) is 11.7. The van der Waals surface area contributed by atoms with E-state index >= 15 is 0 Å². The van der Waals surface area contributed by atoms with Crippen LogP contribution in [-0.4, -0.2) is 19.5 Å². The summed E-state index contributed by atoms with van der Waals surface area (Å²) in [5.74, 6) is 1.06. The number of fused-ring (bicyclic) bond motifs is 2. The van der Waals surface area contributed by atoms with Gasteiger partial charge < -0.3 is 4.74 Å². The molecule has 66 valence electrons. The van der Waals surface area contributed by atoms with Crippen LogP contribution >= 0.6 is 0 Å². The van der Waals surface area contributed by atoms with Gasteiger partial charge in [-0.3, -0.25) is 4.79 Å². The molecule has 0 radical (unpaired) electrons. The van der Waals surface area contributed by atoms with Gasteiger partial charge in [-0.05, 0) is 12.3 Å². The largest absolute Gasteiger partial charge is 0.383 e. The van der Waals surface area contributed by atoms with E-state index in [2.05, 4.69) is 6.08 Å². The Hall–Kier alpha value is -0.630. The molecule has 2 heteroatoms. The van der Waals surface area contributed by atoms with Crippen LogP contribution in [0.15, 0.2) is 12.2 Å². The summed E-state index contributed by atoms with van der Waals surface area (Å²) in [5, 5.41) is 0. The van der Waals surface area contributed by atoms with Crippen LogP contribution < -0.4 is 0 Å². The van der Waals surface area contributed by atoms with E-state index in [0.29, 0.717) is 18.3 Å². The number of rotatable bonds is 2. The van der Waals surface area contributed by atoms with Crippen LogP contribution in [-0.2, 0) is 9.53 Å². The van der Waals surface area contributed by atoms with Gasteiger partial charge in [-0.25, -0.2) is 0 Å². The first-order valence-corrected chi connectivity index (χ1v) is 4.42. The van der Waals surface area contributed by atoms with Crippen LogP contribution in [0.1, 0.15) is 13.3 Å². The van der Waals surface area contributed by atoms with Crippen molar-refractivity contribution in [1.29, 1.82) is 0 Å². The lowest BCUT2D eigenvalue weighted by Gasteiger charge is -2.21. The molecule has 0 spiro atoms. The molecule has 2 nitrogen and oxygen atoms in total. The molecule has 2 bridgehead atoms. The Morgan fingerprint density at radius 2 is 2.50 bits per heavy atom. The zero-order valence-corrected chi connectivity index (χ0v) is 7.54. The van der Waals surface area contributed by atoms with E-state index in [-0.39, 0.29) is 11.3 Å². The van der Waals surface area contributed by atoms with Crippen LogP contribution in [0.5, 0.6) is 0 Å². The fourth-order valence-electron chi connectivity index (χ4n) is 2.47. The Morgan fingerprint density at radius 3 is 3.00 bits per heavy atom. The van der Waals surface area contributed by atoms with E-state index in [1.54, 1.807) is 7.11 Å². The Kier molecular flexibility index (Phi) is 1.62. The first-order chi connectivity index (χ1) is 5.69. The van der Waals surface area contributed by atoms with Gasteiger partial charge in [0.05, 0.1) is 12.0 Å². The number of methoxy groups -OCH3 is 1. The van der Waals surface area contributed by atoms with Gasteiger partial charge in [0.15, 0.2) is 0 Å². The maximum atomic E-state index is 11.7. The Morgan fingerprint density at radius 1 is 1.75 bits per heavy atom. The minimum absolute atomic E-state index is 0.213.